The molecule has 2 aromatic heterocycles. The molecular weight excluding hydrogens is 200 g/mol. The highest BCUT2D eigenvalue weighted by atomic mass is 16.5. The molecule has 2 heterocycles. The van der Waals surface area contributed by atoms with Crippen molar-refractivity contribution < 1.29 is 9.37 Å². The summed E-state index contributed by atoms with van der Waals surface area (Å²) in [6.45, 7) is 0. The minimum atomic E-state index is -0.779. The molecule has 0 aliphatic rings. The lowest BCUT2D eigenvalue weighted by Gasteiger charge is -1.98. The molecule has 0 radical (unpaired) electrons. The minimum absolute atomic E-state index is 0.0475. The molecule has 0 fully saturated rings. The van der Waals surface area contributed by atoms with E-state index in [0.717, 1.165) is 4.57 Å². The number of benzene rings is 1. The highest BCUT2D eigenvalue weighted by Gasteiger charge is 2.14. The van der Waals surface area contributed by atoms with Crippen LogP contribution in [0.5, 0.6) is 0 Å². The zero-order chi connectivity index (χ0) is 10.4. The van der Waals surface area contributed by atoms with E-state index in [2.05, 4.69) is 10.1 Å². The summed E-state index contributed by atoms with van der Waals surface area (Å²) in [5.41, 5.74) is 0.762. The Kier molecular flexibility index (Phi) is 1.34. The molecule has 0 unspecified atom stereocenters. The standard InChI is InChI=1S/C8H4N4O3/c13-8-9-7-10-12(14)6-4-2-1-3-5(6)11(7)15-8/h1-4H. The van der Waals surface area contributed by atoms with Gasteiger partial charge in [-0.2, -0.15) is 0 Å². The molecule has 0 N–H and O–H groups in total. The molecule has 7 heteroatoms. The van der Waals surface area contributed by atoms with Crippen LogP contribution < -0.4 is 10.6 Å². The van der Waals surface area contributed by atoms with Gasteiger partial charge >= 0.3 is 11.5 Å². The molecule has 7 nitrogen and oxygen atoms in total. The fourth-order valence-corrected chi connectivity index (χ4v) is 1.42. The van der Waals surface area contributed by atoms with Crippen molar-refractivity contribution in [2.75, 3.05) is 0 Å². The van der Waals surface area contributed by atoms with Crippen molar-refractivity contribution in [3.05, 3.63) is 40.0 Å². The monoisotopic (exact) mass is 204 g/mol. The van der Waals surface area contributed by atoms with Gasteiger partial charge in [0.1, 0.15) is 0 Å². The Balaban J connectivity index is 2.68. The fourth-order valence-electron chi connectivity index (χ4n) is 1.42. The van der Waals surface area contributed by atoms with Gasteiger partial charge in [-0.05, 0) is 10.9 Å². The van der Waals surface area contributed by atoms with Crippen molar-refractivity contribution in [3.8, 4) is 0 Å². The maximum absolute atomic E-state index is 11.4. The molecule has 3 rings (SSSR count). The first-order valence-electron chi connectivity index (χ1n) is 4.14. The molecule has 0 amide bonds. The average molecular weight is 204 g/mol. The van der Waals surface area contributed by atoms with Gasteiger partial charge in [-0.1, -0.05) is 12.1 Å². The topological polar surface area (TPSA) is 87.3 Å². The quantitative estimate of drug-likeness (QED) is 0.363. The molecule has 0 atom stereocenters. The van der Waals surface area contributed by atoms with Crippen LogP contribution in [0.15, 0.2) is 33.6 Å². The van der Waals surface area contributed by atoms with Crippen molar-refractivity contribution in [1.29, 1.82) is 0 Å². The normalized spacial score (nSPS) is 11.2. The van der Waals surface area contributed by atoms with Crippen LogP contribution >= 0.6 is 0 Å². The van der Waals surface area contributed by atoms with Gasteiger partial charge in [-0.3, -0.25) is 0 Å². The Labute approximate surface area is 81.7 Å². The first-order valence-corrected chi connectivity index (χ1v) is 4.14. The Morgan fingerprint density at radius 3 is 3.07 bits per heavy atom. The Morgan fingerprint density at radius 1 is 1.40 bits per heavy atom. The Bertz CT molecular complexity index is 715. The second kappa shape index (κ2) is 2.53. The van der Waals surface area contributed by atoms with Crippen LogP contribution in [0, 0.1) is 5.21 Å². The van der Waals surface area contributed by atoms with Gasteiger partial charge in [-0.15, -0.1) is 9.56 Å². The SMILES string of the molecule is O=c1nc2n[n+]([O-])c3ccccc3n2o1. The van der Waals surface area contributed by atoms with Gasteiger partial charge in [0.05, 0.1) is 5.10 Å². The lowest BCUT2D eigenvalue weighted by atomic mass is 10.3. The zero-order valence-corrected chi connectivity index (χ0v) is 7.32. The van der Waals surface area contributed by atoms with E-state index in [1.807, 2.05) is 0 Å². The van der Waals surface area contributed by atoms with Crippen molar-refractivity contribution >= 4 is 16.8 Å². The Morgan fingerprint density at radius 2 is 2.20 bits per heavy atom. The van der Waals surface area contributed by atoms with Crippen LogP contribution in [0.1, 0.15) is 0 Å². The third-order valence-electron chi connectivity index (χ3n) is 2.03. The van der Waals surface area contributed by atoms with E-state index in [1.165, 1.54) is 0 Å². The first kappa shape index (κ1) is 7.92. The smallest absolute Gasteiger partial charge is 0.462 e. The highest BCUT2D eigenvalue weighted by molar-refractivity contribution is 5.72. The number of nitrogens with zero attached hydrogens (tertiary/aromatic N) is 4. The van der Waals surface area contributed by atoms with Crippen molar-refractivity contribution in [2.45, 2.75) is 0 Å². The van der Waals surface area contributed by atoms with E-state index in [4.69, 9.17) is 4.52 Å². The molecule has 15 heavy (non-hydrogen) atoms. The summed E-state index contributed by atoms with van der Waals surface area (Å²) in [5, 5.41) is 15.0. The van der Waals surface area contributed by atoms with E-state index in [0.29, 0.717) is 15.9 Å². The fraction of sp³-hybridized carbons (Fsp3) is 0. The molecule has 3 aromatic rings. The zero-order valence-electron chi connectivity index (χ0n) is 7.32. The largest absolute Gasteiger partial charge is 0.594 e. The van der Waals surface area contributed by atoms with Gasteiger partial charge in [0.15, 0.2) is 5.52 Å². The summed E-state index contributed by atoms with van der Waals surface area (Å²) >= 11 is 0. The molecule has 74 valence electrons. The van der Waals surface area contributed by atoms with Crippen molar-refractivity contribution in [3.63, 3.8) is 0 Å². The van der Waals surface area contributed by atoms with E-state index in [9.17, 15) is 10.0 Å². The molecule has 0 bridgehead atoms. The summed E-state index contributed by atoms with van der Waals surface area (Å²) in [6.07, 6.45) is 0. The summed E-state index contributed by atoms with van der Waals surface area (Å²) in [5.74, 6) is -0.826. The van der Waals surface area contributed by atoms with Gasteiger partial charge in [-0.25, -0.2) is 4.79 Å². The molecule has 0 saturated carbocycles. The number of fused-ring (bicyclic) bond motifs is 3. The van der Waals surface area contributed by atoms with Crippen molar-refractivity contribution in [1.82, 2.24) is 14.7 Å². The van der Waals surface area contributed by atoms with E-state index in [-0.39, 0.29) is 5.78 Å². The molecule has 0 spiro atoms. The van der Waals surface area contributed by atoms with Crippen molar-refractivity contribution in [2.24, 2.45) is 0 Å². The Hall–Kier alpha value is -2.44. The number of rotatable bonds is 0. The van der Waals surface area contributed by atoms with Crippen LogP contribution in [-0.2, 0) is 0 Å². The van der Waals surface area contributed by atoms with Crippen LogP contribution in [0.4, 0.5) is 0 Å². The van der Waals surface area contributed by atoms with Crippen LogP contribution in [-0.4, -0.2) is 14.7 Å². The number of aromatic nitrogens is 4. The third-order valence-corrected chi connectivity index (χ3v) is 2.03. The second-order valence-corrected chi connectivity index (χ2v) is 2.93. The maximum Gasteiger partial charge on any atom is 0.462 e. The lowest BCUT2D eigenvalue weighted by Crippen LogP contribution is -2.33. The summed E-state index contributed by atoms with van der Waals surface area (Å²) in [4.78, 5) is 14.7. The maximum atomic E-state index is 11.4. The average Bonchev–Trinajstić information content (AvgIpc) is 2.59. The summed E-state index contributed by atoms with van der Waals surface area (Å²) < 4.78 is 5.90. The molecule has 0 aliphatic heterocycles. The van der Waals surface area contributed by atoms with E-state index in [1.54, 1.807) is 24.3 Å². The lowest BCUT2D eigenvalue weighted by molar-refractivity contribution is -0.641. The van der Waals surface area contributed by atoms with Gasteiger partial charge < -0.3 is 9.73 Å². The van der Waals surface area contributed by atoms with E-state index < -0.39 is 5.76 Å². The molecule has 1 aromatic carbocycles. The molecule has 0 aliphatic carbocycles. The predicted molar refractivity (Wildman–Crippen MR) is 48.0 cm³/mol. The third kappa shape index (κ3) is 0.997. The number of para-hydroxylation sites is 2. The van der Waals surface area contributed by atoms with Gasteiger partial charge in [0.2, 0.25) is 0 Å². The predicted octanol–water partition coefficient (Wildman–Crippen LogP) is -0.531. The molecule has 0 saturated heterocycles. The summed E-state index contributed by atoms with van der Waals surface area (Å²) in [6, 6.07) is 6.64. The van der Waals surface area contributed by atoms with Crippen LogP contribution in [0.3, 0.4) is 0 Å². The van der Waals surface area contributed by atoms with Crippen LogP contribution in [0.2, 0.25) is 0 Å². The highest BCUT2D eigenvalue weighted by Crippen LogP contribution is 2.08. The van der Waals surface area contributed by atoms with Gasteiger partial charge in [0, 0.05) is 6.07 Å². The second-order valence-electron chi connectivity index (χ2n) is 2.93. The molecular formula is C8H4N4O3. The van der Waals surface area contributed by atoms with E-state index >= 15 is 0 Å². The number of hydrogen-bond acceptors (Lipinski definition) is 5. The van der Waals surface area contributed by atoms with Crippen LogP contribution in [0.25, 0.3) is 16.8 Å². The first-order chi connectivity index (χ1) is 7.25. The van der Waals surface area contributed by atoms with Gasteiger partial charge in [0.25, 0.3) is 5.52 Å². The number of hydrogen-bond donors (Lipinski definition) is 0. The summed E-state index contributed by atoms with van der Waals surface area (Å²) in [7, 11) is 0. The minimum Gasteiger partial charge on any atom is -0.594 e.